The number of hydrogen-bond acceptors (Lipinski definition) is 9. The lowest BCUT2D eigenvalue weighted by Gasteiger charge is -2.35. The molecule has 5 heterocycles. The van der Waals surface area contributed by atoms with Crippen molar-refractivity contribution in [2.24, 2.45) is 0 Å². The fraction of sp³-hybridized carbons (Fsp3) is 0.364. The van der Waals surface area contributed by atoms with E-state index in [1.54, 1.807) is 11.6 Å². The van der Waals surface area contributed by atoms with Gasteiger partial charge < -0.3 is 24.7 Å². The Kier molecular flexibility index (Phi) is 5.30. The van der Waals surface area contributed by atoms with E-state index in [1.807, 2.05) is 17.0 Å². The molecule has 0 spiro atoms. The van der Waals surface area contributed by atoms with Gasteiger partial charge in [-0.05, 0) is 26.0 Å². The summed E-state index contributed by atoms with van der Waals surface area (Å²) in [7, 11) is 2.13. The molecule has 6 rings (SSSR count). The number of carbonyl (C=O) groups excluding carboxylic acids is 1. The average molecular weight is 477 g/mol. The highest BCUT2D eigenvalue weighted by Gasteiger charge is 2.27. The Labute approximate surface area is 199 Å². The first kappa shape index (κ1) is 20.9. The molecular formula is C22H24N10OS. The van der Waals surface area contributed by atoms with Gasteiger partial charge in [-0.2, -0.15) is 0 Å². The number of hydrogen-bond donors (Lipinski definition) is 2. The first-order chi connectivity index (χ1) is 16.6. The number of nitrogens with zero attached hydrogens (tertiary/aromatic N) is 8. The van der Waals surface area contributed by atoms with Gasteiger partial charge in [0.15, 0.2) is 10.8 Å². The summed E-state index contributed by atoms with van der Waals surface area (Å²) in [5.41, 5.74) is 3.34. The molecule has 4 aromatic rings. The standard InChI is InChI=1S/C22H24N10OS/c1-30-4-6-31(7-5-30)18-9-23-15(8-17(18)32-10-16(25-13-32)14-2-3-14)21(33)27-19-11-34-22(28-19)20-24-12-26-29-20/h8-14H,2-7H2,1H3,(H,27,33)(H,24,26,29). The van der Waals surface area contributed by atoms with Crippen LogP contribution in [0, 0.1) is 0 Å². The number of H-pyrrole nitrogens is 1. The highest BCUT2D eigenvalue weighted by molar-refractivity contribution is 7.13. The monoisotopic (exact) mass is 476 g/mol. The Hall–Kier alpha value is -3.64. The van der Waals surface area contributed by atoms with E-state index < -0.39 is 0 Å². The summed E-state index contributed by atoms with van der Waals surface area (Å²) >= 11 is 1.37. The molecule has 2 aliphatic rings. The van der Waals surface area contributed by atoms with Crippen LogP contribution in [0.3, 0.4) is 0 Å². The van der Waals surface area contributed by atoms with Crippen molar-refractivity contribution in [2.75, 3.05) is 43.4 Å². The van der Waals surface area contributed by atoms with Crippen LogP contribution in [-0.4, -0.2) is 78.7 Å². The second-order valence-corrected chi connectivity index (χ2v) is 9.52. The molecule has 0 unspecified atom stereocenters. The number of carbonyl (C=O) groups is 1. The highest BCUT2D eigenvalue weighted by Crippen LogP contribution is 2.39. The van der Waals surface area contributed by atoms with E-state index >= 15 is 0 Å². The zero-order valence-corrected chi connectivity index (χ0v) is 19.5. The molecule has 0 atom stereocenters. The Balaban J connectivity index is 1.29. The third-order valence-corrected chi connectivity index (χ3v) is 7.03. The lowest BCUT2D eigenvalue weighted by molar-refractivity contribution is 0.102. The van der Waals surface area contributed by atoms with E-state index in [0.29, 0.717) is 28.3 Å². The number of nitrogens with one attached hydrogen (secondary N) is 2. The van der Waals surface area contributed by atoms with E-state index in [2.05, 4.69) is 58.5 Å². The molecule has 174 valence electrons. The molecule has 1 aliphatic heterocycles. The van der Waals surface area contributed by atoms with E-state index in [9.17, 15) is 4.79 Å². The van der Waals surface area contributed by atoms with Crippen LogP contribution >= 0.6 is 11.3 Å². The summed E-state index contributed by atoms with van der Waals surface area (Å²) in [5, 5.41) is 13.0. The number of pyridine rings is 1. The van der Waals surface area contributed by atoms with E-state index in [1.165, 1.54) is 30.5 Å². The maximum atomic E-state index is 13.1. The number of rotatable bonds is 6. The Morgan fingerprint density at radius 2 is 2.03 bits per heavy atom. The molecule has 1 saturated carbocycles. The molecule has 4 aromatic heterocycles. The molecule has 2 fully saturated rings. The number of imidazole rings is 1. The summed E-state index contributed by atoms with van der Waals surface area (Å²) in [5.74, 6) is 1.25. The summed E-state index contributed by atoms with van der Waals surface area (Å²) in [6.07, 6.45) is 9.60. The quantitative estimate of drug-likeness (QED) is 0.435. The molecule has 11 nitrogen and oxygen atoms in total. The Morgan fingerprint density at radius 1 is 1.18 bits per heavy atom. The molecule has 1 amide bonds. The van der Waals surface area contributed by atoms with E-state index in [-0.39, 0.29) is 5.91 Å². The number of piperazine rings is 1. The second kappa shape index (κ2) is 8.61. The highest BCUT2D eigenvalue weighted by atomic mass is 32.1. The molecule has 34 heavy (non-hydrogen) atoms. The first-order valence-corrected chi connectivity index (χ1v) is 12.1. The largest absolute Gasteiger partial charge is 0.366 e. The Morgan fingerprint density at radius 3 is 2.79 bits per heavy atom. The molecule has 0 bridgehead atoms. The van der Waals surface area contributed by atoms with Crippen LogP contribution in [0.2, 0.25) is 0 Å². The topological polar surface area (TPSA) is 121 Å². The summed E-state index contributed by atoms with van der Waals surface area (Å²) in [6, 6.07) is 1.84. The summed E-state index contributed by atoms with van der Waals surface area (Å²) in [6.45, 7) is 3.78. The van der Waals surface area contributed by atoms with E-state index in [0.717, 1.165) is 43.2 Å². The number of likely N-dealkylation sites (N-methyl/N-ethyl adjacent to an activating group) is 1. The van der Waals surface area contributed by atoms with Crippen molar-refractivity contribution in [2.45, 2.75) is 18.8 Å². The zero-order chi connectivity index (χ0) is 23.1. The second-order valence-electron chi connectivity index (χ2n) is 8.66. The number of aromatic nitrogens is 7. The fourth-order valence-electron chi connectivity index (χ4n) is 4.05. The SMILES string of the molecule is CN1CCN(c2cnc(C(=O)Nc3csc(-c4nnc[nH]4)n3)cc2-n2cnc(C3CC3)c2)CC1. The van der Waals surface area contributed by atoms with Crippen LogP contribution in [-0.2, 0) is 0 Å². The van der Waals surface area contributed by atoms with Crippen LogP contribution in [0.5, 0.6) is 0 Å². The summed E-state index contributed by atoms with van der Waals surface area (Å²) in [4.78, 5) is 34.2. The van der Waals surface area contributed by atoms with Crippen LogP contribution in [0.1, 0.15) is 34.9 Å². The first-order valence-electron chi connectivity index (χ1n) is 11.2. The van der Waals surface area contributed by atoms with Gasteiger partial charge >= 0.3 is 0 Å². The minimum atomic E-state index is -0.317. The number of anilines is 2. The maximum absolute atomic E-state index is 13.1. The van der Waals surface area contributed by atoms with E-state index in [4.69, 9.17) is 0 Å². The van der Waals surface area contributed by atoms with Gasteiger partial charge in [-0.15, -0.1) is 21.5 Å². The van der Waals surface area contributed by atoms with Gasteiger partial charge in [-0.1, -0.05) is 0 Å². The molecule has 2 N–H and O–H groups in total. The van der Waals surface area contributed by atoms with Crippen molar-refractivity contribution < 1.29 is 4.79 Å². The van der Waals surface area contributed by atoms with Crippen LogP contribution < -0.4 is 10.2 Å². The minimum Gasteiger partial charge on any atom is -0.366 e. The number of thiazole rings is 1. The van der Waals surface area contributed by atoms with Crippen molar-refractivity contribution in [1.82, 2.24) is 39.6 Å². The van der Waals surface area contributed by atoms with Gasteiger partial charge in [-0.25, -0.2) is 15.0 Å². The van der Waals surface area contributed by atoms with Crippen molar-refractivity contribution in [3.8, 4) is 16.5 Å². The minimum absolute atomic E-state index is 0.317. The van der Waals surface area contributed by atoms with Crippen LogP contribution in [0.15, 0.2) is 36.5 Å². The zero-order valence-electron chi connectivity index (χ0n) is 18.7. The van der Waals surface area contributed by atoms with Gasteiger partial charge in [0.2, 0.25) is 0 Å². The molecule has 1 aliphatic carbocycles. The van der Waals surface area contributed by atoms with Crippen molar-refractivity contribution in [3.63, 3.8) is 0 Å². The molecule has 1 saturated heterocycles. The van der Waals surface area contributed by atoms with Crippen LogP contribution in [0.4, 0.5) is 11.5 Å². The molecule has 0 aromatic carbocycles. The average Bonchev–Trinajstić information content (AvgIpc) is 3.25. The van der Waals surface area contributed by atoms with Crippen molar-refractivity contribution in [1.29, 1.82) is 0 Å². The normalized spacial score (nSPS) is 16.7. The third kappa shape index (κ3) is 4.17. The Bertz CT molecular complexity index is 1300. The lowest BCUT2D eigenvalue weighted by Crippen LogP contribution is -2.44. The van der Waals surface area contributed by atoms with Crippen molar-refractivity contribution >= 4 is 28.7 Å². The van der Waals surface area contributed by atoms with Gasteiger partial charge in [-0.3, -0.25) is 4.79 Å². The van der Waals surface area contributed by atoms with Gasteiger partial charge in [0, 0.05) is 43.7 Å². The molecule has 0 radical (unpaired) electrons. The predicted octanol–water partition coefficient (Wildman–Crippen LogP) is 2.39. The number of amides is 1. The van der Waals surface area contributed by atoms with Gasteiger partial charge in [0.1, 0.15) is 17.8 Å². The van der Waals surface area contributed by atoms with Crippen LogP contribution in [0.25, 0.3) is 16.5 Å². The predicted molar refractivity (Wildman–Crippen MR) is 128 cm³/mol. The fourth-order valence-corrected chi connectivity index (χ4v) is 4.75. The lowest BCUT2D eigenvalue weighted by atomic mass is 10.2. The number of aromatic amines is 1. The van der Waals surface area contributed by atoms with Crippen molar-refractivity contribution in [3.05, 3.63) is 47.9 Å². The van der Waals surface area contributed by atoms with Gasteiger partial charge in [0.25, 0.3) is 5.91 Å². The maximum Gasteiger partial charge on any atom is 0.275 e. The summed E-state index contributed by atoms with van der Waals surface area (Å²) < 4.78 is 2.02. The molecular weight excluding hydrogens is 452 g/mol. The molecule has 12 heteroatoms. The third-order valence-electron chi connectivity index (χ3n) is 6.18. The smallest absolute Gasteiger partial charge is 0.275 e. The van der Waals surface area contributed by atoms with Gasteiger partial charge in [0.05, 0.1) is 29.6 Å².